The monoisotopic (exact) mass is 327 g/mol. The van der Waals surface area contributed by atoms with Crippen molar-refractivity contribution in [3.05, 3.63) is 54.4 Å². The zero-order chi connectivity index (χ0) is 17.2. The number of hydrogen-bond acceptors (Lipinski definition) is 5. The first kappa shape index (κ1) is 17.5. The molecule has 0 aliphatic carbocycles. The second kappa shape index (κ2) is 9.34. The van der Waals surface area contributed by atoms with Crippen LogP contribution in [0.25, 0.3) is 0 Å². The number of carbonyl (C=O) groups is 2. The quantitative estimate of drug-likeness (QED) is 0.792. The van der Waals surface area contributed by atoms with Gasteiger partial charge in [-0.25, -0.2) is 4.98 Å². The molecule has 2 aromatic rings. The number of nitrogens with zero attached hydrogens (tertiary/aromatic N) is 4. The summed E-state index contributed by atoms with van der Waals surface area (Å²) in [6, 6.07) is 5.55. The third-order valence-corrected chi connectivity index (χ3v) is 3.36. The normalized spacial score (nSPS) is 10.2. The summed E-state index contributed by atoms with van der Waals surface area (Å²) in [5.41, 5.74) is 1.09. The Labute approximate surface area is 141 Å². The molecule has 7 heteroatoms. The van der Waals surface area contributed by atoms with E-state index in [1.165, 1.54) is 18.6 Å². The zero-order valence-electron chi connectivity index (χ0n) is 13.7. The van der Waals surface area contributed by atoms with E-state index in [-0.39, 0.29) is 18.2 Å². The average Bonchev–Trinajstić information content (AvgIpc) is 2.64. The standard InChI is InChI=1S/C17H21N5O2/c1-2-10-22(17(24)15-13-18-8-9-20-15)11-6-16(23)21-12-14-5-3-4-7-19-14/h3-5,7-9,13H,2,6,10-12H2,1H3,(H,21,23). The van der Waals surface area contributed by atoms with Gasteiger partial charge in [-0.2, -0.15) is 0 Å². The van der Waals surface area contributed by atoms with E-state index >= 15 is 0 Å². The first-order valence-electron chi connectivity index (χ1n) is 7.92. The highest BCUT2D eigenvalue weighted by Gasteiger charge is 2.17. The minimum absolute atomic E-state index is 0.117. The fourth-order valence-electron chi connectivity index (χ4n) is 2.17. The molecule has 0 radical (unpaired) electrons. The predicted octanol–water partition coefficient (Wildman–Crippen LogP) is 1.43. The molecule has 2 heterocycles. The van der Waals surface area contributed by atoms with Crippen molar-refractivity contribution in [3.8, 4) is 0 Å². The molecule has 0 saturated carbocycles. The van der Waals surface area contributed by atoms with Crippen LogP contribution in [-0.4, -0.2) is 44.8 Å². The van der Waals surface area contributed by atoms with E-state index < -0.39 is 0 Å². The Hall–Kier alpha value is -2.83. The topological polar surface area (TPSA) is 88.1 Å². The van der Waals surface area contributed by atoms with Crippen LogP contribution in [0.1, 0.15) is 35.9 Å². The highest BCUT2D eigenvalue weighted by atomic mass is 16.2. The maximum atomic E-state index is 12.4. The van der Waals surface area contributed by atoms with Crippen LogP contribution in [0.15, 0.2) is 43.0 Å². The molecular formula is C17H21N5O2. The Bertz CT molecular complexity index is 649. The summed E-state index contributed by atoms with van der Waals surface area (Å²) < 4.78 is 0. The maximum Gasteiger partial charge on any atom is 0.274 e. The van der Waals surface area contributed by atoms with Gasteiger partial charge in [0.15, 0.2) is 0 Å². The van der Waals surface area contributed by atoms with Crippen LogP contribution in [-0.2, 0) is 11.3 Å². The molecule has 0 bridgehead atoms. The summed E-state index contributed by atoms with van der Waals surface area (Å²) in [5, 5.41) is 2.81. The molecule has 0 aliphatic rings. The van der Waals surface area contributed by atoms with Gasteiger partial charge in [0.25, 0.3) is 5.91 Å². The average molecular weight is 327 g/mol. The smallest absolute Gasteiger partial charge is 0.274 e. The number of amides is 2. The first-order chi connectivity index (χ1) is 11.7. The fraction of sp³-hybridized carbons (Fsp3) is 0.353. The summed E-state index contributed by atoms with van der Waals surface area (Å²) in [6.45, 7) is 3.28. The SMILES string of the molecule is CCCN(CCC(=O)NCc1ccccn1)C(=O)c1cnccn1. The Morgan fingerprint density at radius 2 is 2.00 bits per heavy atom. The molecule has 0 fully saturated rings. The van der Waals surface area contributed by atoms with Crippen LogP contribution in [0, 0.1) is 0 Å². The van der Waals surface area contributed by atoms with E-state index in [4.69, 9.17) is 0 Å². The van der Waals surface area contributed by atoms with Crippen molar-refractivity contribution in [1.29, 1.82) is 0 Å². The number of pyridine rings is 1. The predicted molar refractivity (Wildman–Crippen MR) is 88.9 cm³/mol. The van der Waals surface area contributed by atoms with Gasteiger partial charge in [0.05, 0.1) is 18.4 Å². The van der Waals surface area contributed by atoms with Gasteiger partial charge in [0.2, 0.25) is 5.91 Å². The summed E-state index contributed by atoms with van der Waals surface area (Å²) in [4.78, 5) is 38.1. The summed E-state index contributed by atoms with van der Waals surface area (Å²) in [6.07, 6.45) is 7.17. The molecule has 0 unspecified atom stereocenters. The van der Waals surface area contributed by atoms with Crippen LogP contribution in [0.2, 0.25) is 0 Å². The van der Waals surface area contributed by atoms with Gasteiger partial charge in [-0.15, -0.1) is 0 Å². The minimum atomic E-state index is -0.206. The number of aromatic nitrogens is 3. The lowest BCUT2D eigenvalue weighted by molar-refractivity contribution is -0.121. The zero-order valence-corrected chi connectivity index (χ0v) is 13.7. The molecule has 2 rings (SSSR count). The number of hydrogen-bond donors (Lipinski definition) is 1. The molecule has 126 valence electrons. The van der Waals surface area contributed by atoms with Crippen LogP contribution >= 0.6 is 0 Å². The van der Waals surface area contributed by atoms with Crippen LogP contribution in [0.3, 0.4) is 0 Å². The van der Waals surface area contributed by atoms with Gasteiger partial charge in [-0.1, -0.05) is 13.0 Å². The van der Waals surface area contributed by atoms with Crippen LogP contribution in [0.5, 0.6) is 0 Å². The molecule has 0 aromatic carbocycles. The molecule has 2 aromatic heterocycles. The van der Waals surface area contributed by atoms with E-state index in [0.29, 0.717) is 25.3 Å². The van der Waals surface area contributed by atoms with Crippen molar-refractivity contribution in [2.75, 3.05) is 13.1 Å². The lowest BCUT2D eigenvalue weighted by atomic mass is 10.3. The van der Waals surface area contributed by atoms with Gasteiger partial charge in [-0.05, 0) is 18.6 Å². The highest BCUT2D eigenvalue weighted by Crippen LogP contribution is 2.03. The molecule has 7 nitrogen and oxygen atoms in total. The molecule has 2 amide bonds. The van der Waals surface area contributed by atoms with Crippen LogP contribution in [0.4, 0.5) is 0 Å². The third kappa shape index (κ3) is 5.42. The van der Waals surface area contributed by atoms with Crippen molar-refractivity contribution in [3.63, 3.8) is 0 Å². The van der Waals surface area contributed by atoms with Crippen molar-refractivity contribution in [2.24, 2.45) is 0 Å². The Kier molecular flexibility index (Phi) is 6.82. The minimum Gasteiger partial charge on any atom is -0.350 e. The molecule has 0 atom stereocenters. The summed E-state index contributed by atoms with van der Waals surface area (Å²) in [7, 11) is 0. The van der Waals surface area contributed by atoms with E-state index in [0.717, 1.165) is 12.1 Å². The molecule has 0 aliphatic heterocycles. The lowest BCUT2D eigenvalue weighted by Gasteiger charge is -2.21. The van der Waals surface area contributed by atoms with E-state index in [9.17, 15) is 9.59 Å². The number of rotatable bonds is 8. The fourth-order valence-corrected chi connectivity index (χ4v) is 2.17. The number of nitrogens with one attached hydrogen (secondary N) is 1. The number of carbonyl (C=O) groups excluding carboxylic acids is 2. The highest BCUT2D eigenvalue weighted by molar-refractivity contribution is 5.92. The third-order valence-electron chi connectivity index (χ3n) is 3.36. The van der Waals surface area contributed by atoms with E-state index in [1.54, 1.807) is 11.1 Å². The maximum absolute atomic E-state index is 12.4. The largest absolute Gasteiger partial charge is 0.350 e. The second-order valence-electron chi connectivity index (χ2n) is 5.23. The molecule has 0 spiro atoms. The molecule has 24 heavy (non-hydrogen) atoms. The first-order valence-corrected chi connectivity index (χ1v) is 7.92. The molecule has 0 saturated heterocycles. The van der Waals surface area contributed by atoms with Crippen molar-refractivity contribution < 1.29 is 9.59 Å². The van der Waals surface area contributed by atoms with Crippen LogP contribution < -0.4 is 5.32 Å². The summed E-state index contributed by atoms with van der Waals surface area (Å²) in [5.74, 6) is -0.323. The lowest BCUT2D eigenvalue weighted by Crippen LogP contribution is -2.36. The second-order valence-corrected chi connectivity index (χ2v) is 5.23. The van der Waals surface area contributed by atoms with Gasteiger partial charge in [0, 0.05) is 38.1 Å². The van der Waals surface area contributed by atoms with Gasteiger partial charge in [0.1, 0.15) is 5.69 Å². The van der Waals surface area contributed by atoms with E-state index in [2.05, 4.69) is 20.3 Å². The van der Waals surface area contributed by atoms with Gasteiger partial charge in [-0.3, -0.25) is 19.6 Å². The van der Waals surface area contributed by atoms with Gasteiger partial charge >= 0.3 is 0 Å². The van der Waals surface area contributed by atoms with Crippen molar-refractivity contribution in [1.82, 2.24) is 25.2 Å². The van der Waals surface area contributed by atoms with Crippen molar-refractivity contribution in [2.45, 2.75) is 26.3 Å². The molecular weight excluding hydrogens is 306 g/mol. The molecule has 1 N–H and O–H groups in total. The summed E-state index contributed by atoms with van der Waals surface area (Å²) >= 11 is 0. The Balaban J connectivity index is 1.84. The van der Waals surface area contributed by atoms with Gasteiger partial charge < -0.3 is 10.2 Å². The Morgan fingerprint density at radius 3 is 2.67 bits per heavy atom. The van der Waals surface area contributed by atoms with E-state index in [1.807, 2.05) is 25.1 Å². The van der Waals surface area contributed by atoms with Crippen molar-refractivity contribution >= 4 is 11.8 Å². The Morgan fingerprint density at radius 1 is 1.12 bits per heavy atom.